The summed E-state index contributed by atoms with van der Waals surface area (Å²) in [6, 6.07) is 4.76. The lowest BCUT2D eigenvalue weighted by molar-refractivity contribution is -0.0105. The van der Waals surface area contributed by atoms with Gasteiger partial charge in [0.05, 0.1) is 31.6 Å². The molecule has 0 bridgehead atoms. The first-order valence-electron chi connectivity index (χ1n) is 6.04. The fourth-order valence-electron chi connectivity index (χ4n) is 2.15. The van der Waals surface area contributed by atoms with Crippen molar-refractivity contribution in [3.8, 4) is 0 Å². The summed E-state index contributed by atoms with van der Waals surface area (Å²) in [6.45, 7) is 2.64. The summed E-state index contributed by atoms with van der Waals surface area (Å²) in [4.78, 5) is 1.89. The van der Waals surface area contributed by atoms with E-state index < -0.39 is 0 Å². The monoisotopic (exact) mass is 255 g/mol. The zero-order valence-electron chi connectivity index (χ0n) is 10.3. The van der Waals surface area contributed by atoms with Crippen LogP contribution in [-0.2, 0) is 11.3 Å². The normalized spacial score (nSPS) is 24.3. The number of anilines is 1. The molecule has 0 saturated carbocycles. The predicted molar refractivity (Wildman–Crippen MR) is 66.0 cm³/mol. The van der Waals surface area contributed by atoms with Gasteiger partial charge in [-0.05, 0) is 24.6 Å². The maximum Gasteiger partial charge on any atom is 0.146 e. The van der Waals surface area contributed by atoms with Crippen LogP contribution < -0.4 is 4.90 Å². The predicted octanol–water partition coefficient (Wildman–Crippen LogP) is 0.904. The van der Waals surface area contributed by atoms with Crippen molar-refractivity contribution in [2.45, 2.75) is 25.7 Å². The molecule has 2 rings (SSSR count). The van der Waals surface area contributed by atoms with Crippen molar-refractivity contribution in [1.29, 1.82) is 0 Å². The fourth-order valence-corrected chi connectivity index (χ4v) is 2.15. The first-order chi connectivity index (χ1) is 8.65. The molecule has 1 aliphatic heterocycles. The number of aliphatic hydroxyl groups excluding tert-OH is 2. The van der Waals surface area contributed by atoms with Gasteiger partial charge in [-0.25, -0.2) is 4.39 Å². The Morgan fingerprint density at radius 3 is 2.83 bits per heavy atom. The van der Waals surface area contributed by atoms with E-state index in [1.165, 1.54) is 6.07 Å². The molecule has 0 amide bonds. The molecule has 1 aromatic rings. The quantitative estimate of drug-likeness (QED) is 0.842. The van der Waals surface area contributed by atoms with Crippen LogP contribution in [0.2, 0.25) is 0 Å². The molecule has 1 saturated heterocycles. The average Bonchev–Trinajstić information content (AvgIpc) is 2.39. The lowest BCUT2D eigenvalue weighted by Crippen LogP contribution is -2.49. The summed E-state index contributed by atoms with van der Waals surface area (Å²) in [5.41, 5.74) is 1.04. The number of rotatable bonds is 3. The Kier molecular flexibility index (Phi) is 4.16. The zero-order valence-corrected chi connectivity index (χ0v) is 10.3. The molecule has 1 heterocycles. The van der Waals surface area contributed by atoms with E-state index in [-0.39, 0.29) is 31.2 Å². The first kappa shape index (κ1) is 13.3. The molecule has 2 atom stereocenters. The van der Waals surface area contributed by atoms with Crippen molar-refractivity contribution in [3.05, 3.63) is 29.6 Å². The van der Waals surface area contributed by atoms with Crippen molar-refractivity contribution in [2.24, 2.45) is 0 Å². The third-order valence-electron chi connectivity index (χ3n) is 3.21. The minimum Gasteiger partial charge on any atom is -0.394 e. The van der Waals surface area contributed by atoms with Crippen molar-refractivity contribution in [3.63, 3.8) is 0 Å². The van der Waals surface area contributed by atoms with Crippen LogP contribution in [0.3, 0.4) is 0 Å². The molecule has 1 aromatic carbocycles. The van der Waals surface area contributed by atoms with Gasteiger partial charge in [-0.1, -0.05) is 6.07 Å². The van der Waals surface area contributed by atoms with Gasteiger partial charge in [-0.2, -0.15) is 0 Å². The van der Waals surface area contributed by atoms with Crippen LogP contribution in [0, 0.1) is 5.82 Å². The Hall–Kier alpha value is -1.17. The van der Waals surface area contributed by atoms with Crippen LogP contribution in [0.25, 0.3) is 0 Å². The molecule has 0 radical (unpaired) electrons. The number of aliphatic hydroxyl groups is 2. The molecule has 100 valence electrons. The number of hydrogen-bond donors (Lipinski definition) is 2. The van der Waals surface area contributed by atoms with Gasteiger partial charge in [-0.3, -0.25) is 0 Å². The summed E-state index contributed by atoms with van der Waals surface area (Å²) in [6.07, 6.45) is -0.280. The van der Waals surface area contributed by atoms with E-state index in [9.17, 15) is 4.39 Å². The summed E-state index contributed by atoms with van der Waals surface area (Å²) in [7, 11) is 0. The van der Waals surface area contributed by atoms with Gasteiger partial charge < -0.3 is 19.8 Å². The molecule has 1 fully saturated rings. The molecule has 2 N–H and O–H groups in total. The van der Waals surface area contributed by atoms with Gasteiger partial charge in [0, 0.05) is 12.6 Å². The largest absolute Gasteiger partial charge is 0.394 e. The first-order valence-corrected chi connectivity index (χ1v) is 6.04. The third kappa shape index (κ3) is 2.63. The lowest BCUT2D eigenvalue weighted by atomic mass is 10.1. The van der Waals surface area contributed by atoms with Gasteiger partial charge >= 0.3 is 0 Å². The fraction of sp³-hybridized carbons (Fsp3) is 0.538. The van der Waals surface area contributed by atoms with Crippen molar-refractivity contribution in [1.82, 2.24) is 0 Å². The van der Waals surface area contributed by atoms with E-state index in [2.05, 4.69) is 0 Å². The second kappa shape index (κ2) is 5.65. The maximum atomic E-state index is 14.0. The molecular formula is C13H18FNO3. The second-order valence-electron chi connectivity index (χ2n) is 4.58. The van der Waals surface area contributed by atoms with Gasteiger partial charge in [0.15, 0.2) is 0 Å². The van der Waals surface area contributed by atoms with Crippen LogP contribution in [0.5, 0.6) is 0 Å². The lowest BCUT2D eigenvalue weighted by Gasteiger charge is -2.39. The molecule has 18 heavy (non-hydrogen) atoms. The number of hydrogen-bond acceptors (Lipinski definition) is 4. The Morgan fingerprint density at radius 1 is 1.44 bits per heavy atom. The van der Waals surface area contributed by atoms with E-state index in [4.69, 9.17) is 14.9 Å². The second-order valence-corrected chi connectivity index (χ2v) is 4.58. The van der Waals surface area contributed by atoms with E-state index in [1.807, 2.05) is 11.8 Å². The number of halogens is 1. The van der Waals surface area contributed by atoms with Crippen LogP contribution in [0.4, 0.5) is 10.1 Å². The van der Waals surface area contributed by atoms with Gasteiger partial charge in [-0.15, -0.1) is 0 Å². The van der Waals surface area contributed by atoms with Crippen LogP contribution in [0.15, 0.2) is 18.2 Å². The SMILES string of the molecule is CC1COC(CO)CN1c1ccc(CO)cc1F. The third-order valence-corrected chi connectivity index (χ3v) is 3.21. The van der Waals surface area contributed by atoms with E-state index in [0.29, 0.717) is 24.4 Å². The minimum absolute atomic E-state index is 0.0577. The molecule has 1 aliphatic rings. The highest BCUT2D eigenvalue weighted by Crippen LogP contribution is 2.25. The minimum atomic E-state index is -0.355. The summed E-state index contributed by atoms with van der Waals surface area (Å²) in [5, 5.41) is 18.1. The highest BCUT2D eigenvalue weighted by molar-refractivity contribution is 5.50. The molecule has 2 unspecified atom stereocenters. The number of ether oxygens (including phenoxy) is 1. The topological polar surface area (TPSA) is 52.9 Å². The van der Waals surface area contributed by atoms with Gasteiger partial charge in [0.2, 0.25) is 0 Å². The smallest absolute Gasteiger partial charge is 0.146 e. The molecule has 4 nitrogen and oxygen atoms in total. The van der Waals surface area contributed by atoms with E-state index in [1.54, 1.807) is 12.1 Å². The summed E-state index contributed by atoms with van der Waals surface area (Å²) >= 11 is 0. The Bertz CT molecular complexity index is 413. The standard InChI is InChI=1S/C13H18FNO3/c1-9-8-18-11(7-17)5-15(9)13-3-2-10(6-16)4-12(13)14/h2-4,9,11,16-17H,5-8H2,1H3. The highest BCUT2D eigenvalue weighted by Gasteiger charge is 2.27. The summed E-state index contributed by atoms with van der Waals surface area (Å²) < 4.78 is 19.4. The Balaban J connectivity index is 2.23. The summed E-state index contributed by atoms with van der Waals surface area (Å²) in [5.74, 6) is -0.355. The number of benzene rings is 1. The van der Waals surface area contributed by atoms with Crippen LogP contribution >= 0.6 is 0 Å². The van der Waals surface area contributed by atoms with Crippen molar-refractivity contribution >= 4 is 5.69 Å². The molecule has 5 heteroatoms. The van der Waals surface area contributed by atoms with Crippen molar-refractivity contribution in [2.75, 3.05) is 24.7 Å². The van der Waals surface area contributed by atoms with Gasteiger partial charge in [0.1, 0.15) is 5.82 Å². The Labute approximate surface area is 106 Å². The molecular weight excluding hydrogens is 237 g/mol. The number of nitrogens with zero attached hydrogens (tertiary/aromatic N) is 1. The van der Waals surface area contributed by atoms with E-state index in [0.717, 1.165) is 0 Å². The Morgan fingerprint density at radius 2 is 2.22 bits per heavy atom. The van der Waals surface area contributed by atoms with Crippen molar-refractivity contribution < 1.29 is 19.3 Å². The zero-order chi connectivity index (χ0) is 13.1. The molecule has 0 aliphatic carbocycles. The highest BCUT2D eigenvalue weighted by atomic mass is 19.1. The van der Waals surface area contributed by atoms with Crippen LogP contribution in [-0.4, -0.2) is 42.1 Å². The number of morpholine rings is 1. The average molecular weight is 255 g/mol. The molecule has 0 spiro atoms. The van der Waals surface area contributed by atoms with E-state index >= 15 is 0 Å². The van der Waals surface area contributed by atoms with Gasteiger partial charge in [0.25, 0.3) is 0 Å². The maximum absolute atomic E-state index is 14.0. The molecule has 0 aromatic heterocycles. The van der Waals surface area contributed by atoms with Crippen LogP contribution in [0.1, 0.15) is 12.5 Å².